The van der Waals surface area contributed by atoms with Crippen LogP contribution in [0.15, 0.2) is 42.5 Å². The SMILES string of the molecule is O=C1CC(F)CC1/C=C/Cc1cc2ccccc2s1. The van der Waals surface area contributed by atoms with E-state index < -0.39 is 6.17 Å². The minimum Gasteiger partial charge on any atom is -0.299 e. The molecule has 1 aliphatic carbocycles. The van der Waals surface area contributed by atoms with Gasteiger partial charge in [0.05, 0.1) is 0 Å². The van der Waals surface area contributed by atoms with Crippen LogP contribution in [0, 0.1) is 5.92 Å². The maximum Gasteiger partial charge on any atom is 0.142 e. The number of carbonyl (C=O) groups excluding carboxylic acids is 1. The van der Waals surface area contributed by atoms with E-state index in [9.17, 15) is 9.18 Å². The average Bonchev–Trinajstić information content (AvgIpc) is 2.92. The summed E-state index contributed by atoms with van der Waals surface area (Å²) < 4.78 is 14.3. The molecule has 3 heteroatoms. The molecule has 3 rings (SSSR count). The van der Waals surface area contributed by atoms with Gasteiger partial charge in [0.15, 0.2) is 0 Å². The number of alkyl halides is 1. The molecule has 0 amide bonds. The quantitative estimate of drug-likeness (QED) is 0.762. The van der Waals surface area contributed by atoms with Gasteiger partial charge < -0.3 is 0 Å². The number of hydrogen-bond acceptors (Lipinski definition) is 2. The highest BCUT2D eigenvalue weighted by molar-refractivity contribution is 7.19. The van der Waals surface area contributed by atoms with Crippen molar-refractivity contribution in [3.8, 4) is 0 Å². The van der Waals surface area contributed by atoms with E-state index in [0.29, 0.717) is 6.42 Å². The van der Waals surface area contributed by atoms with Crippen LogP contribution >= 0.6 is 11.3 Å². The average molecular weight is 274 g/mol. The Morgan fingerprint density at radius 2 is 2.21 bits per heavy atom. The van der Waals surface area contributed by atoms with Gasteiger partial charge in [0.1, 0.15) is 12.0 Å². The van der Waals surface area contributed by atoms with E-state index in [-0.39, 0.29) is 18.1 Å². The Morgan fingerprint density at radius 1 is 1.37 bits per heavy atom. The monoisotopic (exact) mass is 274 g/mol. The van der Waals surface area contributed by atoms with Crippen LogP contribution in [0.1, 0.15) is 17.7 Å². The molecule has 0 spiro atoms. The van der Waals surface area contributed by atoms with E-state index in [2.05, 4.69) is 18.2 Å². The maximum atomic E-state index is 13.1. The molecule has 98 valence electrons. The van der Waals surface area contributed by atoms with Crippen molar-refractivity contribution in [2.45, 2.75) is 25.4 Å². The van der Waals surface area contributed by atoms with Crippen molar-refractivity contribution in [2.75, 3.05) is 0 Å². The Balaban J connectivity index is 1.67. The van der Waals surface area contributed by atoms with E-state index in [1.807, 2.05) is 24.3 Å². The molecule has 0 aliphatic heterocycles. The van der Waals surface area contributed by atoms with Crippen molar-refractivity contribution >= 4 is 27.2 Å². The molecule has 1 aromatic carbocycles. The van der Waals surface area contributed by atoms with Gasteiger partial charge >= 0.3 is 0 Å². The molecule has 2 unspecified atom stereocenters. The first-order valence-corrected chi connectivity index (χ1v) is 7.35. The van der Waals surface area contributed by atoms with Crippen LogP contribution in [0.25, 0.3) is 10.1 Å². The zero-order chi connectivity index (χ0) is 13.2. The molecular weight excluding hydrogens is 259 g/mol. The van der Waals surface area contributed by atoms with Gasteiger partial charge in [-0.3, -0.25) is 4.79 Å². The Labute approximate surface area is 115 Å². The third kappa shape index (κ3) is 2.76. The molecule has 1 fully saturated rings. The van der Waals surface area contributed by atoms with Crippen LogP contribution in [0.4, 0.5) is 4.39 Å². The van der Waals surface area contributed by atoms with Crippen LogP contribution in [-0.4, -0.2) is 12.0 Å². The molecule has 19 heavy (non-hydrogen) atoms. The lowest BCUT2D eigenvalue weighted by Crippen LogP contribution is -2.01. The lowest BCUT2D eigenvalue weighted by molar-refractivity contribution is -0.119. The fourth-order valence-corrected chi connectivity index (χ4v) is 3.57. The fraction of sp³-hybridized carbons (Fsp3) is 0.312. The Bertz CT molecular complexity index is 595. The van der Waals surface area contributed by atoms with E-state index in [0.717, 1.165) is 6.42 Å². The molecule has 0 radical (unpaired) electrons. The summed E-state index contributed by atoms with van der Waals surface area (Å²) in [6.45, 7) is 0. The topological polar surface area (TPSA) is 17.1 Å². The summed E-state index contributed by atoms with van der Waals surface area (Å²) in [4.78, 5) is 12.8. The summed E-state index contributed by atoms with van der Waals surface area (Å²) in [5, 5.41) is 1.26. The number of allylic oxidation sites excluding steroid dienone is 2. The normalized spacial score (nSPS) is 23.7. The van der Waals surface area contributed by atoms with Crippen molar-refractivity contribution in [3.63, 3.8) is 0 Å². The predicted molar refractivity (Wildman–Crippen MR) is 77.3 cm³/mol. The number of benzene rings is 1. The molecular formula is C16H15FOS. The number of hydrogen-bond donors (Lipinski definition) is 0. The summed E-state index contributed by atoms with van der Waals surface area (Å²) in [5.41, 5.74) is 0. The molecule has 1 saturated carbocycles. The number of thiophene rings is 1. The molecule has 2 atom stereocenters. The molecule has 1 heterocycles. The second-order valence-corrected chi connectivity index (χ2v) is 6.16. The third-order valence-electron chi connectivity index (χ3n) is 3.51. The van der Waals surface area contributed by atoms with Gasteiger partial charge in [-0.2, -0.15) is 0 Å². The summed E-state index contributed by atoms with van der Waals surface area (Å²) in [7, 11) is 0. The minimum atomic E-state index is -0.938. The highest BCUT2D eigenvalue weighted by Crippen LogP contribution is 2.28. The number of halogens is 1. The Morgan fingerprint density at radius 3 is 2.95 bits per heavy atom. The third-order valence-corrected chi connectivity index (χ3v) is 4.65. The van der Waals surface area contributed by atoms with Gasteiger partial charge in [-0.25, -0.2) is 4.39 Å². The van der Waals surface area contributed by atoms with Gasteiger partial charge in [0.2, 0.25) is 0 Å². The number of Topliss-reactive ketones (excluding diaryl/α,β-unsaturated/α-hetero) is 1. The number of rotatable bonds is 3. The van der Waals surface area contributed by atoms with Crippen LogP contribution in [0.2, 0.25) is 0 Å². The number of carbonyl (C=O) groups is 1. The minimum absolute atomic E-state index is 0.0418. The van der Waals surface area contributed by atoms with Gasteiger partial charge in [0, 0.05) is 21.9 Å². The highest BCUT2D eigenvalue weighted by Gasteiger charge is 2.30. The van der Waals surface area contributed by atoms with Crippen molar-refractivity contribution in [1.29, 1.82) is 0 Å². The first kappa shape index (κ1) is 12.5. The number of fused-ring (bicyclic) bond motifs is 1. The summed E-state index contributed by atoms with van der Waals surface area (Å²) >= 11 is 1.77. The second kappa shape index (κ2) is 5.25. The second-order valence-electron chi connectivity index (χ2n) is 4.99. The van der Waals surface area contributed by atoms with Crippen LogP contribution in [0.5, 0.6) is 0 Å². The van der Waals surface area contributed by atoms with Crippen molar-refractivity contribution < 1.29 is 9.18 Å². The first-order valence-electron chi connectivity index (χ1n) is 6.53. The first-order chi connectivity index (χ1) is 9.22. The fourth-order valence-electron chi connectivity index (χ4n) is 2.53. The van der Waals surface area contributed by atoms with Crippen molar-refractivity contribution in [2.24, 2.45) is 5.92 Å². The smallest absolute Gasteiger partial charge is 0.142 e. The van der Waals surface area contributed by atoms with Crippen molar-refractivity contribution in [3.05, 3.63) is 47.4 Å². The number of ketones is 1. The van der Waals surface area contributed by atoms with Gasteiger partial charge in [-0.05, 0) is 30.4 Å². The molecule has 0 bridgehead atoms. The largest absolute Gasteiger partial charge is 0.299 e. The summed E-state index contributed by atoms with van der Waals surface area (Å²) in [6.07, 6.45) is 4.23. The van der Waals surface area contributed by atoms with Crippen LogP contribution < -0.4 is 0 Å². The Kier molecular flexibility index (Phi) is 3.47. The summed E-state index contributed by atoms with van der Waals surface area (Å²) in [6, 6.07) is 10.5. The van der Waals surface area contributed by atoms with E-state index in [1.165, 1.54) is 15.0 Å². The predicted octanol–water partition coefficient (Wildman–Crippen LogP) is 4.32. The van der Waals surface area contributed by atoms with Crippen LogP contribution in [0.3, 0.4) is 0 Å². The molecule has 0 saturated heterocycles. The Hall–Kier alpha value is -1.48. The van der Waals surface area contributed by atoms with Gasteiger partial charge in [-0.15, -0.1) is 11.3 Å². The lowest BCUT2D eigenvalue weighted by Gasteiger charge is -1.98. The molecule has 1 aliphatic rings. The summed E-state index contributed by atoms with van der Waals surface area (Å²) in [5.74, 6) is -0.163. The zero-order valence-corrected chi connectivity index (χ0v) is 11.3. The molecule has 2 aromatic rings. The van der Waals surface area contributed by atoms with Crippen molar-refractivity contribution in [1.82, 2.24) is 0 Å². The van der Waals surface area contributed by atoms with Gasteiger partial charge in [0.25, 0.3) is 0 Å². The molecule has 1 aromatic heterocycles. The molecule has 1 nitrogen and oxygen atoms in total. The molecule has 0 N–H and O–H groups in total. The standard InChI is InChI=1S/C16H15FOS/c17-13-8-11(15(18)10-13)5-3-6-14-9-12-4-1-2-7-16(12)19-14/h1-5,7,9,11,13H,6,8,10H2/b5-3+. The van der Waals surface area contributed by atoms with E-state index >= 15 is 0 Å². The zero-order valence-electron chi connectivity index (χ0n) is 10.5. The van der Waals surface area contributed by atoms with E-state index in [4.69, 9.17) is 0 Å². The highest BCUT2D eigenvalue weighted by atomic mass is 32.1. The van der Waals surface area contributed by atoms with Crippen LogP contribution in [-0.2, 0) is 11.2 Å². The van der Waals surface area contributed by atoms with Gasteiger partial charge in [-0.1, -0.05) is 30.4 Å². The maximum absolute atomic E-state index is 13.1. The lowest BCUT2D eigenvalue weighted by atomic mass is 10.1. The van der Waals surface area contributed by atoms with E-state index in [1.54, 1.807) is 11.3 Å².